The van der Waals surface area contributed by atoms with Gasteiger partial charge in [0.1, 0.15) is 5.82 Å². The van der Waals surface area contributed by atoms with Crippen molar-refractivity contribution in [3.05, 3.63) is 59.1 Å². The smallest absolute Gasteiger partial charge is 0.240 e. The van der Waals surface area contributed by atoms with Gasteiger partial charge in [-0.3, -0.25) is 4.98 Å². The number of sulfonamides is 1. The molecule has 0 amide bonds. The van der Waals surface area contributed by atoms with Crippen molar-refractivity contribution in [3.63, 3.8) is 0 Å². The number of rotatable bonds is 4. The van der Waals surface area contributed by atoms with Crippen LogP contribution in [0.4, 0.5) is 4.39 Å². The first-order valence-corrected chi connectivity index (χ1v) is 7.19. The molecule has 0 saturated heterocycles. The summed E-state index contributed by atoms with van der Waals surface area (Å²) >= 11 is 5.56. The fraction of sp³-hybridized carbons (Fsp3) is 0.0833. The number of hydrogen-bond acceptors (Lipinski definition) is 3. The normalized spacial score (nSPS) is 11.5. The number of hydrogen-bond donors (Lipinski definition) is 1. The number of benzene rings is 1. The minimum absolute atomic E-state index is 0.0807. The maximum atomic E-state index is 13.0. The van der Waals surface area contributed by atoms with Crippen molar-refractivity contribution in [3.8, 4) is 0 Å². The average Bonchev–Trinajstić information content (AvgIpc) is 2.41. The lowest BCUT2D eigenvalue weighted by molar-refractivity contribution is 0.580. The first kappa shape index (κ1) is 13.9. The fourth-order valence-corrected chi connectivity index (χ4v) is 2.70. The Kier molecular flexibility index (Phi) is 4.14. The predicted octanol–water partition coefficient (Wildman–Crippen LogP) is 2.35. The molecule has 1 aromatic heterocycles. The van der Waals surface area contributed by atoms with Gasteiger partial charge in [-0.25, -0.2) is 17.5 Å². The van der Waals surface area contributed by atoms with Crippen molar-refractivity contribution in [1.29, 1.82) is 0 Å². The zero-order valence-corrected chi connectivity index (χ0v) is 11.2. The van der Waals surface area contributed by atoms with E-state index in [0.29, 0.717) is 0 Å². The van der Waals surface area contributed by atoms with Crippen LogP contribution >= 0.6 is 11.6 Å². The minimum Gasteiger partial charge on any atom is -0.264 e. The van der Waals surface area contributed by atoms with Gasteiger partial charge in [-0.15, -0.1) is 0 Å². The van der Waals surface area contributed by atoms with Gasteiger partial charge in [0.25, 0.3) is 0 Å². The van der Waals surface area contributed by atoms with Crippen LogP contribution in [0.5, 0.6) is 0 Å². The number of pyridine rings is 1. The van der Waals surface area contributed by atoms with Gasteiger partial charge in [0.05, 0.1) is 9.92 Å². The topological polar surface area (TPSA) is 59.1 Å². The molecule has 1 N–H and O–H groups in total. The van der Waals surface area contributed by atoms with Crippen molar-refractivity contribution >= 4 is 21.6 Å². The van der Waals surface area contributed by atoms with Gasteiger partial charge < -0.3 is 0 Å². The summed E-state index contributed by atoms with van der Waals surface area (Å²) in [6, 6.07) is 6.70. The lowest BCUT2D eigenvalue weighted by atomic mass is 10.3. The van der Waals surface area contributed by atoms with E-state index in [0.717, 1.165) is 23.8 Å². The lowest BCUT2D eigenvalue weighted by Gasteiger charge is -2.07. The van der Waals surface area contributed by atoms with Gasteiger partial charge >= 0.3 is 0 Å². The Labute approximate surface area is 115 Å². The standard InChI is InChI=1S/C12H10ClFN2O2S/c13-11-6-10(3-4-12(11)14)19(17,18)16-8-9-2-1-5-15-7-9/h1-7,16H,8H2. The summed E-state index contributed by atoms with van der Waals surface area (Å²) in [4.78, 5) is 3.80. The molecule has 0 atom stereocenters. The van der Waals surface area contributed by atoms with Crippen LogP contribution in [0.3, 0.4) is 0 Å². The monoisotopic (exact) mass is 300 g/mol. The highest BCUT2D eigenvalue weighted by Crippen LogP contribution is 2.19. The molecule has 0 aliphatic carbocycles. The second-order valence-corrected chi connectivity index (χ2v) is 5.94. The van der Waals surface area contributed by atoms with E-state index in [9.17, 15) is 12.8 Å². The van der Waals surface area contributed by atoms with E-state index in [4.69, 9.17) is 11.6 Å². The fourth-order valence-electron chi connectivity index (χ4n) is 1.41. The summed E-state index contributed by atoms with van der Waals surface area (Å²) in [6.07, 6.45) is 3.15. The van der Waals surface area contributed by atoms with Crippen LogP contribution in [-0.4, -0.2) is 13.4 Å². The van der Waals surface area contributed by atoms with Crippen molar-refractivity contribution in [1.82, 2.24) is 9.71 Å². The number of aromatic nitrogens is 1. The lowest BCUT2D eigenvalue weighted by Crippen LogP contribution is -2.23. The predicted molar refractivity (Wildman–Crippen MR) is 69.7 cm³/mol. The zero-order valence-electron chi connectivity index (χ0n) is 9.68. The van der Waals surface area contributed by atoms with Crippen molar-refractivity contribution in [2.45, 2.75) is 11.4 Å². The van der Waals surface area contributed by atoms with E-state index in [1.54, 1.807) is 24.5 Å². The van der Waals surface area contributed by atoms with Gasteiger partial charge in [0.2, 0.25) is 10.0 Å². The Morgan fingerprint density at radius 2 is 2.11 bits per heavy atom. The Hall–Kier alpha value is -1.50. The minimum atomic E-state index is -3.73. The molecule has 1 heterocycles. The largest absolute Gasteiger partial charge is 0.264 e. The third-order valence-electron chi connectivity index (χ3n) is 2.39. The molecule has 1 aromatic carbocycles. The van der Waals surface area contributed by atoms with Gasteiger partial charge in [-0.1, -0.05) is 17.7 Å². The summed E-state index contributed by atoms with van der Waals surface area (Å²) in [5, 5.41) is -0.232. The molecular weight excluding hydrogens is 291 g/mol. The van der Waals surface area contributed by atoms with Gasteiger partial charge in [0.15, 0.2) is 0 Å². The van der Waals surface area contributed by atoms with E-state index in [1.165, 1.54) is 0 Å². The van der Waals surface area contributed by atoms with Crippen LogP contribution < -0.4 is 4.72 Å². The van der Waals surface area contributed by atoms with Crippen LogP contribution in [0, 0.1) is 5.82 Å². The van der Waals surface area contributed by atoms with Crippen LogP contribution in [0.25, 0.3) is 0 Å². The second kappa shape index (κ2) is 5.64. The van der Waals surface area contributed by atoms with Crippen LogP contribution in [0.15, 0.2) is 47.6 Å². The van der Waals surface area contributed by atoms with Crippen molar-refractivity contribution < 1.29 is 12.8 Å². The zero-order chi connectivity index (χ0) is 13.9. The Balaban J connectivity index is 2.16. The first-order chi connectivity index (χ1) is 8.99. The van der Waals surface area contributed by atoms with Crippen LogP contribution in [0.2, 0.25) is 5.02 Å². The molecule has 0 spiro atoms. The number of nitrogens with zero attached hydrogens (tertiary/aromatic N) is 1. The van der Waals surface area contributed by atoms with E-state index in [2.05, 4.69) is 9.71 Å². The van der Waals surface area contributed by atoms with Crippen LogP contribution in [-0.2, 0) is 16.6 Å². The molecule has 0 unspecified atom stereocenters. The van der Waals surface area contributed by atoms with E-state index in [1.807, 2.05) is 0 Å². The molecule has 0 aliphatic heterocycles. The highest BCUT2D eigenvalue weighted by atomic mass is 35.5. The quantitative estimate of drug-likeness (QED) is 0.943. The third-order valence-corrected chi connectivity index (χ3v) is 4.08. The van der Waals surface area contributed by atoms with E-state index < -0.39 is 15.8 Å². The molecule has 0 aliphatic rings. The van der Waals surface area contributed by atoms with Gasteiger partial charge in [-0.05, 0) is 29.8 Å². The van der Waals surface area contributed by atoms with Crippen LogP contribution in [0.1, 0.15) is 5.56 Å². The molecule has 19 heavy (non-hydrogen) atoms. The molecular formula is C12H10ClFN2O2S. The van der Waals surface area contributed by atoms with E-state index in [-0.39, 0.29) is 16.5 Å². The summed E-state index contributed by atoms with van der Waals surface area (Å²) in [7, 11) is -3.73. The SMILES string of the molecule is O=S(=O)(NCc1cccnc1)c1ccc(F)c(Cl)c1. The third kappa shape index (κ3) is 3.50. The molecule has 7 heteroatoms. The second-order valence-electron chi connectivity index (χ2n) is 3.76. The Bertz CT molecular complexity index is 677. The number of halogens is 2. The van der Waals surface area contributed by atoms with Gasteiger partial charge in [-0.2, -0.15) is 0 Å². The summed E-state index contributed by atoms with van der Waals surface area (Å²) < 4.78 is 39.3. The number of nitrogens with one attached hydrogen (secondary N) is 1. The highest BCUT2D eigenvalue weighted by Gasteiger charge is 2.15. The molecule has 0 radical (unpaired) electrons. The molecule has 2 aromatic rings. The summed E-state index contributed by atoms with van der Waals surface area (Å²) in [5.74, 6) is -0.659. The molecule has 100 valence electrons. The Morgan fingerprint density at radius 3 is 2.74 bits per heavy atom. The molecule has 0 bridgehead atoms. The average molecular weight is 301 g/mol. The first-order valence-electron chi connectivity index (χ1n) is 5.33. The molecule has 2 rings (SSSR count). The van der Waals surface area contributed by atoms with E-state index >= 15 is 0 Å². The maximum Gasteiger partial charge on any atom is 0.240 e. The maximum absolute atomic E-state index is 13.0. The van der Waals surface area contributed by atoms with Crippen molar-refractivity contribution in [2.24, 2.45) is 0 Å². The highest BCUT2D eigenvalue weighted by molar-refractivity contribution is 7.89. The molecule has 0 saturated carbocycles. The molecule has 4 nitrogen and oxygen atoms in total. The summed E-state index contributed by atoms with van der Waals surface area (Å²) in [6.45, 7) is 0.102. The molecule has 0 fully saturated rings. The summed E-state index contributed by atoms with van der Waals surface area (Å²) in [5.41, 5.74) is 0.722. The van der Waals surface area contributed by atoms with Gasteiger partial charge in [0, 0.05) is 18.9 Å². The Morgan fingerprint density at radius 1 is 1.32 bits per heavy atom. The van der Waals surface area contributed by atoms with Crippen molar-refractivity contribution in [2.75, 3.05) is 0 Å².